The number of carboxylic acid groups (broad SMARTS) is 2. The number of carbonyl (C=O) groups is 4. The molecule has 12 aliphatic rings. The van der Waals surface area contributed by atoms with Crippen LogP contribution in [0.4, 0.5) is 34.6 Å². The third kappa shape index (κ3) is 23.6. The summed E-state index contributed by atoms with van der Waals surface area (Å²) in [5.41, 5.74) is 37.3. The van der Waals surface area contributed by atoms with Crippen molar-refractivity contribution in [1.29, 1.82) is 0 Å². The minimum atomic E-state index is -0.732. The molecule has 0 unspecified atom stereocenters. The van der Waals surface area contributed by atoms with Crippen molar-refractivity contribution in [3.63, 3.8) is 0 Å². The van der Waals surface area contributed by atoms with Crippen LogP contribution >= 0.6 is 0 Å². The number of nitrogen functional groups attached to an aromatic ring is 5. The summed E-state index contributed by atoms with van der Waals surface area (Å²) in [5, 5.41) is 21.0. The average Bonchev–Trinajstić information content (AvgIpc) is 1.59. The van der Waals surface area contributed by atoms with E-state index in [1.807, 2.05) is 98.8 Å². The number of anilines is 6. The Balaban J connectivity index is 0.000000131. The van der Waals surface area contributed by atoms with E-state index in [0.717, 1.165) is 89.2 Å². The minimum absolute atomic E-state index is 0.00244. The fourth-order valence-corrected chi connectivity index (χ4v) is 24.0. The lowest BCUT2D eigenvalue weighted by Crippen LogP contribution is -2.52. The molecular weight excluding hydrogens is 1920 g/mol. The quantitative estimate of drug-likeness (QED) is 0.0137. The zero-order valence-electron chi connectivity index (χ0n) is 89.5. The molecule has 8 aliphatic heterocycles. The molecule has 0 spiro atoms. The van der Waals surface area contributed by atoms with Gasteiger partial charge in [0.25, 0.3) is 0 Å². The smallest absolute Gasteiger partial charge is 0.305 e. The van der Waals surface area contributed by atoms with Gasteiger partial charge in [-0.15, -0.1) is 0 Å². The van der Waals surface area contributed by atoms with Crippen molar-refractivity contribution in [2.45, 2.75) is 416 Å². The van der Waals surface area contributed by atoms with Gasteiger partial charge in [-0.2, -0.15) is 0 Å². The van der Waals surface area contributed by atoms with E-state index in [4.69, 9.17) is 100 Å². The van der Waals surface area contributed by atoms with E-state index in [2.05, 4.69) is 161 Å². The molecule has 4 saturated carbocycles. The maximum absolute atomic E-state index is 12.8. The molecule has 45 nitrogen and oxygen atoms in total. The molecule has 8 saturated heterocycles. The molecule has 1 amide bonds. The van der Waals surface area contributed by atoms with Gasteiger partial charge in [-0.05, 0) is 242 Å². The second kappa shape index (κ2) is 43.7. The van der Waals surface area contributed by atoms with Crippen LogP contribution in [0.2, 0.25) is 0 Å². The first kappa shape index (κ1) is 108. The number of benzene rings is 1. The van der Waals surface area contributed by atoms with Crippen LogP contribution in [0, 0.1) is 23.7 Å². The van der Waals surface area contributed by atoms with Gasteiger partial charge in [0.05, 0.1) is 43.3 Å². The summed E-state index contributed by atoms with van der Waals surface area (Å²) in [6.07, 6.45) is 20.7. The monoisotopic (exact) mass is 2070 g/mol. The van der Waals surface area contributed by atoms with Crippen molar-refractivity contribution in [3.8, 4) is 0 Å². The fraction of sp³-hybridized carbons (Fsp3) is 0.712. The molecule has 16 heterocycles. The van der Waals surface area contributed by atoms with Gasteiger partial charge >= 0.3 is 17.9 Å². The predicted octanol–water partition coefficient (Wildman–Crippen LogP) is 11.6. The van der Waals surface area contributed by atoms with Crippen LogP contribution < -0.4 is 34.0 Å². The molecular formula is C104H154N26O19. The molecule has 4 aliphatic carbocycles. The molecule has 814 valence electrons. The number of carboxylic acids is 2. The summed E-state index contributed by atoms with van der Waals surface area (Å²) in [5.74, 6) is -1.11. The van der Waals surface area contributed by atoms with E-state index >= 15 is 0 Å². The Kier molecular flexibility index (Phi) is 31.8. The molecule has 21 rings (SSSR count). The van der Waals surface area contributed by atoms with Gasteiger partial charge in [-0.3, -0.25) is 57.0 Å². The Morgan fingerprint density at radius 1 is 0.396 bits per heavy atom. The van der Waals surface area contributed by atoms with Crippen LogP contribution in [0.5, 0.6) is 0 Å². The number of imidazole rings is 4. The zero-order chi connectivity index (χ0) is 106. The third-order valence-corrected chi connectivity index (χ3v) is 31.6. The molecule has 8 aromatic heterocycles. The molecule has 149 heavy (non-hydrogen) atoms. The Morgan fingerprint density at radius 3 is 0.906 bits per heavy atom. The summed E-state index contributed by atoms with van der Waals surface area (Å²) in [7, 11) is 0. The number of aliphatic carboxylic acids is 2. The number of nitrogens with zero attached hydrogens (tertiary/aromatic N) is 20. The van der Waals surface area contributed by atoms with Crippen molar-refractivity contribution in [3.05, 3.63) is 74.4 Å². The second-order valence-corrected chi connectivity index (χ2v) is 46.3. The number of esters is 1. The zero-order valence-corrected chi connectivity index (χ0v) is 89.5. The second-order valence-electron chi connectivity index (χ2n) is 46.3. The highest BCUT2D eigenvalue weighted by Crippen LogP contribution is 2.52. The van der Waals surface area contributed by atoms with Gasteiger partial charge in [0.2, 0.25) is 5.91 Å². The number of hydrogen-bond acceptors (Lipinski definition) is 38. The highest BCUT2D eigenvalue weighted by atomic mass is 16.8. The summed E-state index contributed by atoms with van der Waals surface area (Å²) < 4.78 is 89.7. The summed E-state index contributed by atoms with van der Waals surface area (Å²) in [6.45, 7) is 44.6. The Morgan fingerprint density at radius 2 is 0.658 bits per heavy atom. The van der Waals surface area contributed by atoms with E-state index in [1.54, 1.807) is 25.3 Å². The minimum Gasteiger partial charge on any atom is -0.481 e. The van der Waals surface area contributed by atoms with E-state index in [1.165, 1.54) is 25.3 Å². The van der Waals surface area contributed by atoms with Crippen LogP contribution in [0.25, 0.3) is 44.7 Å². The van der Waals surface area contributed by atoms with Gasteiger partial charge in [-0.25, -0.2) is 59.8 Å². The summed E-state index contributed by atoms with van der Waals surface area (Å²) in [6, 6.07) is 8.90. The van der Waals surface area contributed by atoms with E-state index in [9.17, 15) is 19.2 Å². The first-order chi connectivity index (χ1) is 70.6. The average molecular weight is 2070 g/mol. The van der Waals surface area contributed by atoms with E-state index < -0.39 is 60.0 Å². The number of amides is 1. The van der Waals surface area contributed by atoms with Gasteiger partial charge in [0, 0.05) is 100 Å². The van der Waals surface area contributed by atoms with Gasteiger partial charge < -0.3 is 106 Å². The fourth-order valence-electron chi connectivity index (χ4n) is 24.0. The number of ether oxygens (including phenoxy) is 13. The highest BCUT2D eigenvalue weighted by molar-refractivity contribution is 5.94. The van der Waals surface area contributed by atoms with E-state index in [0.29, 0.717) is 190 Å². The number of aromatic nitrogens is 16. The number of nitrogens with one attached hydrogen (secondary N) is 1. The normalized spacial score (nSPS) is 30.7. The van der Waals surface area contributed by atoms with Crippen LogP contribution in [0.15, 0.2) is 68.8 Å². The number of rotatable bonds is 34. The topological polar surface area (TPSA) is 558 Å². The van der Waals surface area contributed by atoms with Crippen LogP contribution in [-0.4, -0.2) is 309 Å². The molecule has 0 radical (unpaired) electrons. The third-order valence-electron chi connectivity index (χ3n) is 31.6. The van der Waals surface area contributed by atoms with Crippen molar-refractivity contribution in [2.24, 2.45) is 23.7 Å². The first-order valence-electron chi connectivity index (χ1n) is 53.2. The molecule has 12 fully saturated rings. The van der Waals surface area contributed by atoms with Crippen LogP contribution in [-0.2, 0) is 86.2 Å². The summed E-state index contributed by atoms with van der Waals surface area (Å²) >= 11 is 0. The van der Waals surface area contributed by atoms with Crippen LogP contribution in [0.1, 0.15) is 272 Å². The lowest BCUT2D eigenvalue weighted by Gasteiger charge is -2.46. The van der Waals surface area contributed by atoms with Crippen molar-refractivity contribution < 1.29 is 91.0 Å². The highest BCUT2D eigenvalue weighted by Gasteiger charge is 2.62. The van der Waals surface area contributed by atoms with Crippen molar-refractivity contribution in [2.75, 3.05) is 66.8 Å². The molecule has 16 atom stereocenters. The molecule has 0 bridgehead atoms. The number of carbonyl (C=O) groups excluding carboxylic acids is 2. The molecule has 45 heteroatoms. The summed E-state index contributed by atoms with van der Waals surface area (Å²) in [4.78, 5) is 108. The SMILES string of the molecule is CC(C)N(C[C@H]1O[C@@H](n2cnc3c(N)ncnc32)[C@@H]2OC(C)(C)O[C@@H]21)C1CC(CCC(=O)Nc2ccc(C(C)(C)C)cc2N)C1.CC(C)N(C[C@H]1O[C@@H](n2cnc3c(N)ncnc32)[C@@H]2OC(C)(C)O[C@@H]21)C1CC(CCC(=O)O)C1.CC(C)N(C[C@H]1O[C@@H](n2cnc3c(N)ncnc32)[C@@H]2OC(C)(C)O[C@@H]21)C1CC(CCC(=O)O)C1.CCOC(=O)CCC1CC(N(C[C@H]2O[C@@H](n3cnc4c(N)ncnc43)[C@@H]3OC(C)(C)O[C@@H]32)C(C)C)C1. The predicted molar refractivity (Wildman–Crippen MR) is 550 cm³/mol. The lowest BCUT2D eigenvalue weighted by atomic mass is 9.76. The number of fused-ring (bicyclic) bond motifs is 8. The van der Waals surface area contributed by atoms with Gasteiger partial charge in [0.15, 0.2) is 93.9 Å². The van der Waals surface area contributed by atoms with Crippen molar-refractivity contribution in [1.82, 2.24) is 97.7 Å². The van der Waals surface area contributed by atoms with Crippen LogP contribution in [0.3, 0.4) is 0 Å². The Hall–Kier alpha value is -10.3. The maximum Gasteiger partial charge on any atom is 0.305 e. The van der Waals surface area contributed by atoms with Crippen molar-refractivity contribution >= 4 is 103 Å². The molecule has 13 N–H and O–H groups in total. The number of nitrogens with two attached hydrogens (primary N) is 5. The Bertz CT molecular complexity index is 6020. The van der Waals surface area contributed by atoms with Gasteiger partial charge in [-0.1, -0.05) is 26.8 Å². The standard InChI is InChI=1S/C33H48N8O4.C25H38N6O5.2C23H34N6O5/c1-18(2)40(21-12-19(13-21)8-11-25(42)39-23-10-9-20(14-22(23)34)32(3,4)5)15-24-27-28(45-33(6,7)44-27)31(43-24)41-17-38-26-29(35)36-16-37-30(26)41;1-6-33-18(32)8-7-15-9-16(10-15)30(14(2)3)11-17-20-21(36-25(4,5)35-20)24(34-17)31-13-29-19-22(26)27-12-28-23(19)31;2*1-12(2)28(14-7-13(8-14)5-6-16(30)31)9-15-18-19(34-23(3,4)33-18)22(32-15)29-11-27-17-20(24)25-10-26-21(17)29/h9-10,14,16-19,21,24,27-28,31H,8,11-13,15,34H2,1-7H3,(H,39,42)(H2,35,36,37);12-17,20-21,24H,6-11H2,1-5H3,(H2,26,27,28);2*10-15,18-19,22H,5-9H2,1-4H3,(H,30,31)(H2,24,25,26)/t19?,21?,24-,27-,28-,31-;15?,16?,17-,20-,21-,24-;2*13?,14?,15-,18-,19-,22-/m1111/s1. The number of hydrogen-bond donors (Lipinski definition) is 8. The van der Waals surface area contributed by atoms with Gasteiger partial charge in [0.1, 0.15) is 121 Å². The molecule has 9 aromatic rings. The Labute approximate surface area is 868 Å². The maximum atomic E-state index is 12.8. The first-order valence-corrected chi connectivity index (χ1v) is 53.2. The largest absolute Gasteiger partial charge is 0.481 e. The lowest BCUT2D eigenvalue weighted by molar-refractivity contribution is -0.199. The van der Waals surface area contributed by atoms with E-state index in [-0.39, 0.29) is 103 Å². The molecule has 1 aromatic carbocycles.